The highest BCUT2D eigenvalue weighted by molar-refractivity contribution is 7.90. The number of carbonyl (C=O) groups excluding carboxylic acids is 1. The van der Waals surface area contributed by atoms with Crippen molar-refractivity contribution in [3.05, 3.63) is 52.7 Å². The van der Waals surface area contributed by atoms with E-state index in [1.807, 2.05) is 30.3 Å². The van der Waals surface area contributed by atoms with Crippen molar-refractivity contribution in [2.75, 3.05) is 13.6 Å². The Balaban J connectivity index is 1.90. The zero-order chi connectivity index (χ0) is 15.3. The zero-order valence-electron chi connectivity index (χ0n) is 11.5. The Morgan fingerprint density at radius 2 is 1.95 bits per heavy atom. The number of hydrogen-bond donors (Lipinski definition) is 1. The largest absolute Gasteiger partial charge is 0.293 e. The third-order valence-electron chi connectivity index (χ3n) is 2.76. The lowest BCUT2D eigenvalue weighted by molar-refractivity contribution is -0.120. The first-order valence-electron chi connectivity index (χ1n) is 6.28. The number of hydrogen-bond acceptors (Lipinski definition) is 5. The van der Waals surface area contributed by atoms with Gasteiger partial charge in [0.1, 0.15) is 0 Å². The van der Waals surface area contributed by atoms with E-state index in [1.54, 1.807) is 17.3 Å². The van der Waals surface area contributed by atoms with Crippen molar-refractivity contribution in [3.63, 3.8) is 0 Å². The van der Waals surface area contributed by atoms with Crippen LogP contribution in [0.3, 0.4) is 0 Å². The number of nitrogens with zero attached hydrogens (tertiary/aromatic N) is 1. The summed E-state index contributed by atoms with van der Waals surface area (Å²) in [7, 11) is -1.98. The molecule has 0 aliphatic heterocycles. The van der Waals surface area contributed by atoms with Crippen LogP contribution in [0.2, 0.25) is 0 Å². The molecule has 0 saturated heterocycles. The van der Waals surface area contributed by atoms with Crippen LogP contribution in [0.5, 0.6) is 0 Å². The molecule has 1 N–H and O–H groups in total. The van der Waals surface area contributed by atoms with Crippen molar-refractivity contribution in [3.8, 4) is 0 Å². The summed E-state index contributed by atoms with van der Waals surface area (Å²) in [5.74, 6) is -0.542. The second kappa shape index (κ2) is 6.84. The third kappa shape index (κ3) is 4.66. The second-order valence-electron chi connectivity index (χ2n) is 4.65. The first-order valence-corrected chi connectivity index (χ1v) is 8.70. The summed E-state index contributed by atoms with van der Waals surface area (Å²) < 4.78 is 25.9. The summed E-state index contributed by atoms with van der Waals surface area (Å²) >= 11 is 1.27. The molecule has 0 saturated carbocycles. The van der Waals surface area contributed by atoms with Crippen molar-refractivity contribution in [1.82, 2.24) is 9.62 Å². The molecule has 0 spiro atoms. The number of benzene rings is 1. The minimum atomic E-state index is -3.75. The summed E-state index contributed by atoms with van der Waals surface area (Å²) in [6, 6.07) is 11.1. The van der Waals surface area contributed by atoms with Crippen LogP contribution >= 0.6 is 11.3 Å². The summed E-state index contributed by atoms with van der Waals surface area (Å²) in [6.07, 6.45) is 0. The van der Waals surface area contributed by atoms with Crippen molar-refractivity contribution >= 4 is 27.3 Å². The maximum absolute atomic E-state index is 11.9. The fraction of sp³-hybridized carbons (Fsp3) is 0.214. The van der Waals surface area contributed by atoms with Gasteiger partial charge < -0.3 is 0 Å². The van der Waals surface area contributed by atoms with Gasteiger partial charge in [0.25, 0.3) is 10.0 Å². The van der Waals surface area contributed by atoms with Gasteiger partial charge in [-0.05, 0) is 24.1 Å². The van der Waals surface area contributed by atoms with Crippen LogP contribution in [0.4, 0.5) is 0 Å². The van der Waals surface area contributed by atoms with E-state index in [4.69, 9.17) is 0 Å². The highest BCUT2D eigenvalue weighted by Gasteiger charge is 2.18. The molecule has 1 amide bonds. The Kier molecular flexibility index (Phi) is 5.11. The quantitative estimate of drug-likeness (QED) is 0.878. The van der Waals surface area contributed by atoms with Gasteiger partial charge in [0.15, 0.2) is 0 Å². The first-order chi connectivity index (χ1) is 9.97. The molecule has 7 heteroatoms. The fourth-order valence-electron chi connectivity index (χ4n) is 1.84. The molecular weight excluding hydrogens is 308 g/mol. The molecule has 0 atom stereocenters. The standard InChI is InChI=1S/C14H16N2O3S2/c1-16(9-12-5-3-2-4-6-12)10-14(17)15-21(18,19)13-7-8-20-11-13/h2-8,11H,9-10H2,1H3,(H,15,17). The van der Waals surface area contributed by atoms with E-state index in [9.17, 15) is 13.2 Å². The molecule has 1 aromatic carbocycles. The minimum absolute atomic E-state index is 0.0122. The fourth-order valence-corrected chi connectivity index (χ4v) is 3.85. The molecule has 5 nitrogen and oxygen atoms in total. The monoisotopic (exact) mass is 324 g/mol. The Morgan fingerprint density at radius 1 is 1.24 bits per heavy atom. The van der Waals surface area contributed by atoms with E-state index >= 15 is 0 Å². The van der Waals surface area contributed by atoms with Crippen molar-refractivity contribution in [2.24, 2.45) is 0 Å². The van der Waals surface area contributed by atoms with Crippen molar-refractivity contribution < 1.29 is 13.2 Å². The Bertz CT molecular complexity index is 682. The smallest absolute Gasteiger partial charge is 0.264 e. The number of rotatable bonds is 6. The summed E-state index contributed by atoms with van der Waals surface area (Å²) in [5, 5.41) is 3.14. The van der Waals surface area contributed by atoms with Crippen LogP contribution in [0.1, 0.15) is 5.56 Å². The molecule has 0 bridgehead atoms. The Morgan fingerprint density at radius 3 is 2.57 bits per heavy atom. The third-order valence-corrected chi connectivity index (χ3v) is 4.97. The molecule has 1 aromatic heterocycles. The molecule has 0 aliphatic rings. The van der Waals surface area contributed by atoms with E-state index in [2.05, 4.69) is 4.72 Å². The number of sulfonamides is 1. The molecule has 0 unspecified atom stereocenters. The number of amides is 1. The van der Waals surface area contributed by atoms with Crippen molar-refractivity contribution in [1.29, 1.82) is 0 Å². The van der Waals surface area contributed by atoms with Gasteiger partial charge in [0.2, 0.25) is 5.91 Å². The first kappa shape index (κ1) is 15.7. The highest BCUT2D eigenvalue weighted by atomic mass is 32.2. The molecule has 0 aliphatic carbocycles. The molecule has 2 rings (SSSR count). The number of nitrogens with one attached hydrogen (secondary N) is 1. The summed E-state index contributed by atoms with van der Waals surface area (Å²) in [4.78, 5) is 13.7. The predicted molar refractivity (Wildman–Crippen MR) is 82.4 cm³/mol. The van der Waals surface area contributed by atoms with Crippen LogP contribution in [-0.2, 0) is 21.4 Å². The highest BCUT2D eigenvalue weighted by Crippen LogP contribution is 2.12. The molecule has 21 heavy (non-hydrogen) atoms. The SMILES string of the molecule is CN(CC(=O)NS(=O)(=O)c1ccsc1)Cc1ccccc1. The molecule has 2 aromatic rings. The molecule has 1 heterocycles. The molecule has 0 fully saturated rings. The van der Waals surface area contributed by atoms with Crippen LogP contribution in [0.25, 0.3) is 0 Å². The maximum Gasteiger partial charge on any atom is 0.264 e. The molecular formula is C14H16N2O3S2. The van der Waals surface area contributed by atoms with Crippen LogP contribution in [0.15, 0.2) is 52.1 Å². The van der Waals surface area contributed by atoms with Crippen LogP contribution < -0.4 is 4.72 Å². The van der Waals surface area contributed by atoms with E-state index in [0.29, 0.717) is 6.54 Å². The average Bonchev–Trinajstić information content (AvgIpc) is 2.93. The molecule has 0 radical (unpaired) electrons. The number of likely N-dealkylation sites (N-methyl/N-ethyl adjacent to an activating group) is 1. The van der Waals surface area contributed by atoms with Gasteiger partial charge in [0.05, 0.1) is 11.4 Å². The van der Waals surface area contributed by atoms with E-state index in [1.165, 1.54) is 22.8 Å². The summed E-state index contributed by atoms with van der Waals surface area (Å²) in [6.45, 7) is 0.588. The van der Waals surface area contributed by atoms with E-state index in [0.717, 1.165) is 5.56 Å². The topological polar surface area (TPSA) is 66.5 Å². The van der Waals surface area contributed by atoms with Gasteiger partial charge in [-0.15, -0.1) is 0 Å². The normalized spacial score (nSPS) is 11.5. The van der Waals surface area contributed by atoms with E-state index in [-0.39, 0.29) is 11.4 Å². The van der Waals surface area contributed by atoms with Gasteiger partial charge in [-0.1, -0.05) is 30.3 Å². The lowest BCUT2D eigenvalue weighted by Crippen LogP contribution is -2.38. The van der Waals surface area contributed by atoms with Crippen molar-refractivity contribution in [2.45, 2.75) is 11.4 Å². The maximum atomic E-state index is 11.9. The predicted octanol–water partition coefficient (Wildman–Crippen LogP) is 1.68. The van der Waals surface area contributed by atoms with Crippen LogP contribution in [0, 0.1) is 0 Å². The number of thiophene rings is 1. The van der Waals surface area contributed by atoms with Gasteiger partial charge >= 0.3 is 0 Å². The second-order valence-corrected chi connectivity index (χ2v) is 7.11. The Hall–Kier alpha value is -1.70. The molecule has 112 valence electrons. The van der Waals surface area contributed by atoms with Gasteiger partial charge in [0, 0.05) is 11.9 Å². The van der Waals surface area contributed by atoms with Gasteiger partial charge in [-0.25, -0.2) is 13.1 Å². The minimum Gasteiger partial charge on any atom is -0.293 e. The lowest BCUT2D eigenvalue weighted by atomic mass is 10.2. The number of carbonyl (C=O) groups is 1. The lowest BCUT2D eigenvalue weighted by Gasteiger charge is -2.16. The van der Waals surface area contributed by atoms with Gasteiger partial charge in [-0.2, -0.15) is 11.3 Å². The average molecular weight is 324 g/mol. The summed E-state index contributed by atoms with van der Waals surface area (Å²) in [5.41, 5.74) is 1.06. The van der Waals surface area contributed by atoms with E-state index < -0.39 is 15.9 Å². The van der Waals surface area contributed by atoms with Gasteiger partial charge in [-0.3, -0.25) is 9.69 Å². The van der Waals surface area contributed by atoms with Crippen LogP contribution in [-0.4, -0.2) is 32.8 Å². The Labute approximate surface area is 128 Å². The zero-order valence-corrected chi connectivity index (χ0v) is 13.2.